The minimum absolute atomic E-state index is 0.00841. The van der Waals surface area contributed by atoms with Gasteiger partial charge in [0.1, 0.15) is 5.82 Å². The molecule has 3 heteroatoms. The van der Waals surface area contributed by atoms with E-state index in [2.05, 4.69) is 30.7 Å². The van der Waals surface area contributed by atoms with E-state index >= 15 is 0 Å². The molecule has 0 aliphatic carbocycles. The molecule has 0 spiro atoms. The van der Waals surface area contributed by atoms with Crippen LogP contribution in [0.25, 0.3) is 0 Å². The zero-order valence-electron chi connectivity index (χ0n) is 12.5. The first-order valence-electron chi connectivity index (χ1n) is 7.24. The minimum atomic E-state index is -0.298. The summed E-state index contributed by atoms with van der Waals surface area (Å²) in [5, 5.41) is 8.69. The molecule has 0 radical (unpaired) electrons. The van der Waals surface area contributed by atoms with Gasteiger partial charge in [-0.3, -0.25) is 0 Å². The second kappa shape index (κ2) is 9.52. The molecular formula is C17H24FNO. The van der Waals surface area contributed by atoms with Gasteiger partial charge >= 0.3 is 0 Å². The quantitative estimate of drug-likeness (QED) is 0.611. The van der Waals surface area contributed by atoms with Crippen molar-refractivity contribution in [2.24, 2.45) is 0 Å². The summed E-state index contributed by atoms with van der Waals surface area (Å²) in [6.45, 7) is 4.06. The summed E-state index contributed by atoms with van der Waals surface area (Å²) >= 11 is 0. The zero-order valence-corrected chi connectivity index (χ0v) is 12.5. The van der Waals surface area contributed by atoms with Crippen LogP contribution in [0.1, 0.15) is 43.7 Å². The van der Waals surface area contributed by atoms with Crippen LogP contribution in [0.4, 0.5) is 4.39 Å². The molecule has 20 heavy (non-hydrogen) atoms. The molecule has 2 nitrogen and oxygen atoms in total. The van der Waals surface area contributed by atoms with Crippen LogP contribution in [0.3, 0.4) is 0 Å². The number of hydrogen-bond acceptors (Lipinski definition) is 2. The van der Waals surface area contributed by atoms with Gasteiger partial charge in [-0.25, -0.2) is 4.39 Å². The Hall–Kier alpha value is -1.37. The maximum Gasteiger partial charge on any atom is 0.138 e. The summed E-state index contributed by atoms with van der Waals surface area (Å²) in [5.41, 5.74) is 1.48. The van der Waals surface area contributed by atoms with Gasteiger partial charge in [-0.05, 0) is 37.7 Å². The predicted molar refractivity (Wildman–Crippen MR) is 80.8 cm³/mol. The second-order valence-corrected chi connectivity index (χ2v) is 5.03. The van der Waals surface area contributed by atoms with Gasteiger partial charge in [0.2, 0.25) is 0 Å². The van der Waals surface area contributed by atoms with E-state index in [9.17, 15) is 4.39 Å². The van der Waals surface area contributed by atoms with Crippen LogP contribution in [-0.4, -0.2) is 30.2 Å². The number of aliphatic hydroxyl groups is 1. The van der Waals surface area contributed by atoms with Crippen LogP contribution in [0.15, 0.2) is 18.2 Å². The lowest BCUT2D eigenvalue weighted by atomic mass is 10.1. The van der Waals surface area contributed by atoms with E-state index in [0.717, 1.165) is 18.7 Å². The van der Waals surface area contributed by atoms with Gasteiger partial charge in [0.25, 0.3) is 0 Å². The van der Waals surface area contributed by atoms with Crippen molar-refractivity contribution in [1.29, 1.82) is 0 Å². The molecule has 1 aromatic rings. The van der Waals surface area contributed by atoms with E-state index in [1.54, 1.807) is 6.07 Å². The molecule has 0 heterocycles. The Labute approximate surface area is 121 Å². The molecule has 0 aliphatic rings. The Kier molecular flexibility index (Phi) is 7.94. The monoisotopic (exact) mass is 277 g/mol. The highest BCUT2D eigenvalue weighted by Gasteiger charge is 2.04. The summed E-state index contributed by atoms with van der Waals surface area (Å²) in [4.78, 5) is 2.24. The maximum atomic E-state index is 13.6. The van der Waals surface area contributed by atoms with Crippen molar-refractivity contribution < 1.29 is 9.50 Å². The van der Waals surface area contributed by atoms with Crippen molar-refractivity contribution in [2.75, 3.05) is 20.2 Å². The summed E-state index contributed by atoms with van der Waals surface area (Å²) < 4.78 is 13.6. The Bertz CT molecular complexity index is 462. The first kappa shape index (κ1) is 16.7. The fourth-order valence-electron chi connectivity index (χ4n) is 2.00. The van der Waals surface area contributed by atoms with Crippen LogP contribution in [-0.2, 0) is 6.54 Å². The second-order valence-electron chi connectivity index (χ2n) is 5.03. The van der Waals surface area contributed by atoms with E-state index in [0.29, 0.717) is 12.0 Å². The Balaban J connectivity index is 2.63. The van der Waals surface area contributed by atoms with Gasteiger partial charge in [0.15, 0.2) is 0 Å². The SMILES string of the molecule is CCCCCN(C)Cc1ccc(F)c(C#CCCO)c1. The minimum Gasteiger partial charge on any atom is -0.395 e. The number of hydrogen-bond donors (Lipinski definition) is 1. The fraction of sp³-hybridized carbons (Fsp3) is 0.529. The van der Waals surface area contributed by atoms with Crippen LogP contribution < -0.4 is 0 Å². The van der Waals surface area contributed by atoms with Crippen LogP contribution in [0.2, 0.25) is 0 Å². The molecule has 0 atom stereocenters. The number of halogens is 1. The first-order valence-corrected chi connectivity index (χ1v) is 7.24. The number of nitrogens with zero attached hydrogens (tertiary/aromatic N) is 1. The highest BCUT2D eigenvalue weighted by molar-refractivity contribution is 5.38. The van der Waals surface area contributed by atoms with E-state index in [4.69, 9.17) is 5.11 Å². The third-order valence-corrected chi connectivity index (χ3v) is 3.09. The fourth-order valence-corrected chi connectivity index (χ4v) is 2.00. The molecule has 110 valence electrons. The molecule has 1 aromatic carbocycles. The Morgan fingerprint density at radius 2 is 2.10 bits per heavy atom. The van der Waals surface area contributed by atoms with Crippen LogP contribution in [0.5, 0.6) is 0 Å². The molecular weight excluding hydrogens is 253 g/mol. The number of benzene rings is 1. The van der Waals surface area contributed by atoms with E-state index in [1.165, 1.54) is 25.3 Å². The van der Waals surface area contributed by atoms with Crippen molar-refractivity contribution in [3.8, 4) is 11.8 Å². The van der Waals surface area contributed by atoms with Crippen molar-refractivity contribution in [2.45, 2.75) is 39.2 Å². The van der Waals surface area contributed by atoms with Gasteiger partial charge in [0.05, 0.1) is 12.2 Å². The lowest BCUT2D eigenvalue weighted by Gasteiger charge is -2.16. The van der Waals surface area contributed by atoms with Crippen LogP contribution in [0, 0.1) is 17.7 Å². The summed E-state index contributed by atoms with van der Waals surface area (Å²) in [6, 6.07) is 5.08. The molecule has 1 rings (SSSR count). The molecule has 0 aliphatic heterocycles. The third kappa shape index (κ3) is 6.18. The van der Waals surface area contributed by atoms with Crippen molar-refractivity contribution in [1.82, 2.24) is 4.90 Å². The topological polar surface area (TPSA) is 23.5 Å². The number of rotatable bonds is 7. The Morgan fingerprint density at radius 1 is 1.30 bits per heavy atom. The standard InChI is InChI=1S/C17H24FNO/c1-3-4-6-11-19(2)14-15-9-10-17(18)16(13-15)8-5-7-12-20/h9-10,13,20H,3-4,6-7,11-12,14H2,1-2H3. The highest BCUT2D eigenvalue weighted by atomic mass is 19.1. The zero-order chi connectivity index (χ0) is 14.8. The molecule has 0 saturated carbocycles. The third-order valence-electron chi connectivity index (χ3n) is 3.09. The average Bonchev–Trinajstić information content (AvgIpc) is 2.43. The van der Waals surface area contributed by atoms with Gasteiger partial charge in [-0.1, -0.05) is 37.7 Å². The van der Waals surface area contributed by atoms with Gasteiger partial charge in [0, 0.05) is 13.0 Å². The van der Waals surface area contributed by atoms with Gasteiger partial charge in [-0.2, -0.15) is 0 Å². The molecule has 0 bridgehead atoms. The number of unbranched alkanes of at least 4 members (excludes halogenated alkanes) is 2. The van der Waals surface area contributed by atoms with Crippen molar-refractivity contribution in [3.63, 3.8) is 0 Å². The average molecular weight is 277 g/mol. The predicted octanol–water partition coefficient (Wildman–Crippen LogP) is 3.18. The lowest BCUT2D eigenvalue weighted by Crippen LogP contribution is -2.19. The van der Waals surface area contributed by atoms with E-state index in [-0.39, 0.29) is 12.4 Å². The normalized spacial score (nSPS) is 10.4. The lowest BCUT2D eigenvalue weighted by molar-refractivity contribution is 0.305. The van der Waals surface area contributed by atoms with E-state index in [1.807, 2.05) is 6.07 Å². The van der Waals surface area contributed by atoms with Crippen molar-refractivity contribution in [3.05, 3.63) is 35.1 Å². The largest absolute Gasteiger partial charge is 0.395 e. The molecule has 1 N–H and O–H groups in total. The first-order chi connectivity index (χ1) is 9.67. The molecule has 0 fully saturated rings. The van der Waals surface area contributed by atoms with E-state index < -0.39 is 0 Å². The molecule has 0 unspecified atom stereocenters. The summed E-state index contributed by atoms with van der Waals surface area (Å²) in [7, 11) is 2.08. The Morgan fingerprint density at radius 3 is 2.80 bits per heavy atom. The summed E-state index contributed by atoms with van der Waals surface area (Å²) in [5.74, 6) is 5.24. The molecule has 0 aromatic heterocycles. The maximum absolute atomic E-state index is 13.6. The summed E-state index contributed by atoms with van der Waals surface area (Å²) in [6.07, 6.45) is 4.03. The highest BCUT2D eigenvalue weighted by Crippen LogP contribution is 2.12. The van der Waals surface area contributed by atoms with Gasteiger partial charge in [-0.15, -0.1) is 0 Å². The molecule has 0 amide bonds. The molecule has 0 saturated heterocycles. The van der Waals surface area contributed by atoms with Crippen LogP contribution >= 0.6 is 0 Å². The number of aliphatic hydroxyl groups excluding tert-OH is 1. The van der Waals surface area contributed by atoms with Crippen molar-refractivity contribution >= 4 is 0 Å². The van der Waals surface area contributed by atoms with Gasteiger partial charge < -0.3 is 10.0 Å². The smallest absolute Gasteiger partial charge is 0.138 e.